The second-order valence-corrected chi connectivity index (χ2v) is 4.44. The van der Waals surface area contributed by atoms with Crippen molar-refractivity contribution in [3.63, 3.8) is 0 Å². The molecule has 0 saturated carbocycles. The van der Waals surface area contributed by atoms with E-state index in [0.717, 1.165) is 23.4 Å². The van der Waals surface area contributed by atoms with Crippen molar-refractivity contribution in [3.8, 4) is 5.75 Å². The van der Waals surface area contributed by atoms with Crippen LogP contribution in [0.3, 0.4) is 0 Å². The Morgan fingerprint density at radius 1 is 1.53 bits per heavy atom. The van der Waals surface area contributed by atoms with Crippen molar-refractivity contribution in [1.29, 1.82) is 0 Å². The number of aryl methyl sites for hydroxylation is 1. The molecular weight excluding hydrogens is 216 g/mol. The first kappa shape index (κ1) is 10.6. The van der Waals surface area contributed by atoms with Crippen molar-refractivity contribution in [2.24, 2.45) is 0 Å². The minimum atomic E-state index is 0.467. The first-order valence-corrected chi connectivity index (χ1v) is 6.05. The van der Waals surface area contributed by atoms with E-state index in [1.165, 1.54) is 12.8 Å². The lowest BCUT2D eigenvalue weighted by Crippen LogP contribution is -2.28. The fourth-order valence-electron chi connectivity index (χ4n) is 2.24. The van der Waals surface area contributed by atoms with E-state index in [1.54, 1.807) is 0 Å². The van der Waals surface area contributed by atoms with Gasteiger partial charge in [0.25, 0.3) is 0 Å². The Balaban J connectivity index is 1.79. The molecule has 17 heavy (non-hydrogen) atoms. The Morgan fingerprint density at radius 2 is 2.47 bits per heavy atom. The molecule has 0 bridgehead atoms. The fourth-order valence-corrected chi connectivity index (χ4v) is 2.24. The number of rotatable bonds is 3. The minimum absolute atomic E-state index is 0.467. The van der Waals surface area contributed by atoms with Gasteiger partial charge in [-0.3, -0.25) is 0 Å². The van der Waals surface area contributed by atoms with Gasteiger partial charge in [0.05, 0.1) is 0 Å². The summed E-state index contributed by atoms with van der Waals surface area (Å²) < 4.78 is 11.4. The van der Waals surface area contributed by atoms with Crippen LogP contribution in [0.4, 0.5) is 0 Å². The zero-order chi connectivity index (χ0) is 11.7. The Labute approximate surface area is 100.0 Å². The molecule has 2 aromatic rings. The largest absolute Gasteiger partial charge is 0.488 e. The Morgan fingerprint density at radius 3 is 3.29 bits per heavy atom. The van der Waals surface area contributed by atoms with E-state index >= 15 is 0 Å². The van der Waals surface area contributed by atoms with Crippen molar-refractivity contribution in [2.75, 3.05) is 13.2 Å². The van der Waals surface area contributed by atoms with Crippen LogP contribution in [0.2, 0.25) is 0 Å². The van der Waals surface area contributed by atoms with Gasteiger partial charge in [-0.1, -0.05) is 6.07 Å². The molecule has 1 aromatic heterocycles. The maximum Gasteiger partial charge on any atom is 0.196 e. The highest BCUT2D eigenvalue weighted by molar-refractivity contribution is 5.79. The maximum absolute atomic E-state index is 5.82. The highest BCUT2D eigenvalue weighted by Crippen LogP contribution is 2.26. The quantitative estimate of drug-likeness (QED) is 0.881. The van der Waals surface area contributed by atoms with E-state index < -0.39 is 0 Å². The molecule has 1 atom stereocenters. The minimum Gasteiger partial charge on any atom is -0.488 e. The molecule has 1 fully saturated rings. The lowest BCUT2D eigenvalue weighted by atomic mass is 10.2. The Kier molecular flexibility index (Phi) is 2.73. The molecule has 1 saturated heterocycles. The van der Waals surface area contributed by atoms with Crippen LogP contribution in [0.15, 0.2) is 22.6 Å². The second kappa shape index (κ2) is 4.37. The molecule has 1 aliphatic rings. The summed E-state index contributed by atoms with van der Waals surface area (Å²) in [5.41, 5.74) is 1.61. The van der Waals surface area contributed by atoms with Crippen molar-refractivity contribution < 1.29 is 9.15 Å². The number of aromatic nitrogens is 1. The zero-order valence-corrected chi connectivity index (χ0v) is 9.90. The van der Waals surface area contributed by atoms with Crippen molar-refractivity contribution >= 4 is 11.1 Å². The highest BCUT2D eigenvalue weighted by Gasteiger charge is 2.16. The van der Waals surface area contributed by atoms with Gasteiger partial charge in [0.2, 0.25) is 0 Å². The molecule has 2 heterocycles. The first-order valence-electron chi connectivity index (χ1n) is 6.05. The summed E-state index contributed by atoms with van der Waals surface area (Å²) in [6.07, 6.45) is 2.42. The van der Waals surface area contributed by atoms with Gasteiger partial charge in [0.15, 0.2) is 17.2 Å². The van der Waals surface area contributed by atoms with Crippen molar-refractivity contribution in [2.45, 2.75) is 25.8 Å². The summed E-state index contributed by atoms with van der Waals surface area (Å²) >= 11 is 0. The van der Waals surface area contributed by atoms with Crippen molar-refractivity contribution in [1.82, 2.24) is 10.3 Å². The standard InChI is InChI=1S/C13H16N2O2/c1-9-15-11-5-2-6-12(13(11)17-9)16-8-10-4-3-7-14-10/h2,5-6,10,14H,3-4,7-8H2,1H3. The lowest BCUT2D eigenvalue weighted by Gasteiger charge is -2.11. The monoisotopic (exact) mass is 232 g/mol. The number of ether oxygens (including phenoxy) is 1. The number of hydrogen-bond donors (Lipinski definition) is 1. The lowest BCUT2D eigenvalue weighted by molar-refractivity contribution is 0.276. The number of nitrogens with zero attached hydrogens (tertiary/aromatic N) is 1. The molecule has 0 aliphatic carbocycles. The molecule has 1 unspecified atom stereocenters. The van der Waals surface area contributed by atoms with Crippen LogP contribution in [0, 0.1) is 6.92 Å². The third-order valence-corrected chi connectivity index (χ3v) is 3.09. The maximum atomic E-state index is 5.82. The number of benzene rings is 1. The molecule has 3 rings (SSSR count). The number of fused-ring (bicyclic) bond motifs is 1. The van der Waals surface area contributed by atoms with E-state index in [4.69, 9.17) is 9.15 Å². The SMILES string of the molecule is Cc1nc2cccc(OCC3CCCN3)c2o1. The molecular formula is C13H16N2O2. The van der Waals surface area contributed by atoms with Crippen LogP contribution < -0.4 is 10.1 Å². The molecule has 1 aromatic carbocycles. The summed E-state index contributed by atoms with van der Waals surface area (Å²) in [5, 5.41) is 3.41. The van der Waals surface area contributed by atoms with E-state index in [-0.39, 0.29) is 0 Å². The molecule has 1 N–H and O–H groups in total. The van der Waals surface area contributed by atoms with Crippen LogP contribution in [-0.4, -0.2) is 24.2 Å². The van der Waals surface area contributed by atoms with Crippen LogP contribution in [-0.2, 0) is 0 Å². The van der Waals surface area contributed by atoms with Gasteiger partial charge in [-0.05, 0) is 31.5 Å². The van der Waals surface area contributed by atoms with Crippen LogP contribution >= 0.6 is 0 Å². The fraction of sp³-hybridized carbons (Fsp3) is 0.462. The second-order valence-electron chi connectivity index (χ2n) is 4.44. The number of para-hydroxylation sites is 1. The van der Waals surface area contributed by atoms with Gasteiger partial charge in [0.1, 0.15) is 12.1 Å². The van der Waals surface area contributed by atoms with E-state index in [9.17, 15) is 0 Å². The Hall–Kier alpha value is -1.55. The van der Waals surface area contributed by atoms with Gasteiger partial charge in [-0.15, -0.1) is 0 Å². The summed E-state index contributed by atoms with van der Waals surface area (Å²) in [7, 11) is 0. The van der Waals surface area contributed by atoms with E-state index in [0.29, 0.717) is 18.5 Å². The number of hydrogen-bond acceptors (Lipinski definition) is 4. The summed E-state index contributed by atoms with van der Waals surface area (Å²) in [6.45, 7) is 3.64. The topological polar surface area (TPSA) is 47.3 Å². The zero-order valence-electron chi connectivity index (χ0n) is 9.90. The Bertz CT molecular complexity index is 515. The van der Waals surface area contributed by atoms with Crippen LogP contribution in [0.25, 0.3) is 11.1 Å². The summed E-state index contributed by atoms with van der Waals surface area (Å²) in [4.78, 5) is 4.29. The van der Waals surface area contributed by atoms with Gasteiger partial charge >= 0.3 is 0 Å². The molecule has 0 amide bonds. The molecule has 0 spiro atoms. The molecule has 4 heteroatoms. The summed E-state index contributed by atoms with van der Waals surface area (Å²) in [6, 6.07) is 6.28. The predicted molar refractivity (Wildman–Crippen MR) is 65.3 cm³/mol. The molecule has 90 valence electrons. The normalized spacial score (nSPS) is 19.9. The number of nitrogens with one attached hydrogen (secondary N) is 1. The van der Waals surface area contributed by atoms with Gasteiger partial charge in [-0.2, -0.15) is 0 Å². The molecule has 0 radical (unpaired) electrons. The van der Waals surface area contributed by atoms with Crippen LogP contribution in [0.1, 0.15) is 18.7 Å². The van der Waals surface area contributed by atoms with E-state index in [2.05, 4.69) is 10.3 Å². The molecule has 4 nitrogen and oxygen atoms in total. The third kappa shape index (κ3) is 2.13. The first-order chi connectivity index (χ1) is 8.33. The summed E-state index contributed by atoms with van der Waals surface area (Å²) in [5.74, 6) is 1.46. The number of oxazole rings is 1. The van der Waals surface area contributed by atoms with Gasteiger partial charge in [0, 0.05) is 13.0 Å². The van der Waals surface area contributed by atoms with Crippen molar-refractivity contribution in [3.05, 3.63) is 24.1 Å². The third-order valence-electron chi connectivity index (χ3n) is 3.09. The predicted octanol–water partition coefficient (Wildman–Crippen LogP) is 2.27. The average Bonchev–Trinajstić information content (AvgIpc) is 2.93. The van der Waals surface area contributed by atoms with E-state index in [1.807, 2.05) is 25.1 Å². The average molecular weight is 232 g/mol. The highest BCUT2D eigenvalue weighted by atomic mass is 16.5. The van der Waals surface area contributed by atoms with Gasteiger partial charge < -0.3 is 14.5 Å². The smallest absolute Gasteiger partial charge is 0.196 e. The van der Waals surface area contributed by atoms with Gasteiger partial charge in [-0.25, -0.2) is 4.98 Å². The molecule has 1 aliphatic heterocycles. The van der Waals surface area contributed by atoms with Crippen LogP contribution in [0.5, 0.6) is 5.75 Å².